The highest BCUT2D eigenvalue weighted by Crippen LogP contribution is 2.32. The van der Waals surface area contributed by atoms with Crippen molar-refractivity contribution in [2.24, 2.45) is 0 Å². The first kappa shape index (κ1) is 14.6. The quantitative estimate of drug-likeness (QED) is 0.660. The number of amides is 2. The molecule has 0 heterocycles. The van der Waals surface area contributed by atoms with E-state index in [0.717, 1.165) is 12.8 Å². The summed E-state index contributed by atoms with van der Waals surface area (Å²) in [7, 11) is -3.97. The Balaban J connectivity index is 2.26. The Labute approximate surface area is 127 Å². The van der Waals surface area contributed by atoms with Gasteiger partial charge in [0.2, 0.25) is 0 Å². The summed E-state index contributed by atoms with van der Waals surface area (Å²) in [5.74, 6) is 0. The summed E-state index contributed by atoms with van der Waals surface area (Å²) in [6.07, 6.45) is 1.76. The van der Waals surface area contributed by atoms with E-state index in [1.807, 2.05) is 4.72 Å². The predicted octanol–water partition coefficient (Wildman–Crippen LogP) is 1.94. The fourth-order valence-corrected chi connectivity index (χ4v) is 4.99. The number of nitrogens with one attached hydrogen (secondary N) is 2. The van der Waals surface area contributed by atoms with Crippen molar-refractivity contribution in [3.63, 3.8) is 0 Å². The van der Waals surface area contributed by atoms with Gasteiger partial charge in [-0.3, -0.25) is 0 Å². The molecule has 104 valence electrons. The van der Waals surface area contributed by atoms with E-state index in [9.17, 15) is 13.2 Å². The van der Waals surface area contributed by atoms with E-state index in [0.29, 0.717) is 5.69 Å². The highest BCUT2D eigenvalue weighted by molar-refractivity contribution is 9.11. The van der Waals surface area contributed by atoms with Crippen LogP contribution in [0.2, 0.25) is 0 Å². The van der Waals surface area contributed by atoms with Crippen molar-refractivity contribution in [3.05, 3.63) is 21.1 Å². The van der Waals surface area contributed by atoms with Gasteiger partial charge in [-0.15, -0.1) is 0 Å². The van der Waals surface area contributed by atoms with Crippen LogP contribution < -0.4 is 15.8 Å². The number of carbonyl (C=O) groups is 1. The topological polar surface area (TPSA) is 101 Å². The molecule has 19 heavy (non-hydrogen) atoms. The summed E-state index contributed by atoms with van der Waals surface area (Å²) < 4.78 is 26.8. The Bertz CT molecular complexity index is 606. The largest absolute Gasteiger partial charge is 0.399 e. The molecule has 0 spiro atoms. The van der Waals surface area contributed by atoms with E-state index in [-0.39, 0.29) is 19.9 Å². The number of nitrogens with two attached hydrogens (primary N) is 1. The summed E-state index contributed by atoms with van der Waals surface area (Å²) in [6.45, 7) is 0. The molecule has 9 heteroatoms. The summed E-state index contributed by atoms with van der Waals surface area (Å²) in [5, 5.41) is 2.55. The van der Waals surface area contributed by atoms with Gasteiger partial charge in [-0.05, 0) is 56.8 Å². The van der Waals surface area contributed by atoms with E-state index in [2.05, 4.69) is 37.2 Å². The molecule has 0 radical (unpaired) electrons. The lowest BCUT2D eigenvalue weighted by Crippen LogP contribution is -2.40. The molecule has 1 fully saturated rings. The van der Waals surface area contributed by atoms with Crippen molar-refractivity contribution in [3.8, 4) is 0 Å². The van der Waals surface area contributed by atoms with Crippen LogP contribution in [-0.2, 0) is 10.0 Å². The Kier molecular flexibility index (Phi) is 4.07. The Morgan fingerprint density at radius 1 is 1.26 bits per heavy atom. The SMILES string of the molecule is Nc1cc(Br)c(S(=O)(=O)NC(=O)NC2CC2)c(Br)c1. The number of benzene rings is 1. The van der Waals surface area contributed by atoms with Crippen LogP contribution in [0.4, 0.5) is 10.5 Å². The molecule has 0 aliphatic heterocycles. The van der Waals surface area contributed by atoms with Crippen molar-refractivity contribution in [2.75, 3.05) is 5.73 Å². The molecular weight excluding hydrogens is 402 g/mol. The molecule has 1 aromatic carbocycles. The zero-order chi connectivity index (χ0) is 14.2. The molecule has 0 atom stereocenters. The van der Waals surface area contributed by atoms with Gasteiger partial charge in [0.15, 0.2) is 0 Å². The number of anilines is 1. The maximum Gasteiger partial charge on any atom is 0.328 e. The Morgan fingerprint density at radius 2 is 1.79 bits per heavy atom. The van der Waals surface area contributed by atoms with E-state index in [4.69, 9.17) is 5.73 Å². The average molecular weight is 413 g/mol. The third-order valence-electron chi connectivity index (χ3n) is 2.43. The van der Waals surface area contributed by atoms with Crippen LogP contribution in [0.3, 0.4) is 0 Å². The number of nitrogen functional groups attached to an aromatic ring is 1. The second-order valence-corrected chi connectivity index (χ2v) is 7.49. The third-order valence-corrected chi connectivity index (χ3v) is 5.64. The molecule has 2 rings (SSSR count). The van der Waals surface area contributed by atoms with Gasteiger partial charge in [0.05, 0.1) is 0 Å². The lowest BCUT2D eigenvalue weighted by Gasteiger charge is -2.11. The number of rotatable bonds is 3. The van der Waals surface area contributed by atoms with Crippen LogP contribution in [-0.4, -0.2) is 20.5 Å². The zero-order valence-electron chi connectivity index (χ0n) is 9.61. The monoisotopic (exact) mass is 411 g/mol. The normalized spacial score (nSPS) is 15.1. The van der Waals surface area contributed by atoms with Crippen LogP contribution in [0.25, 0.3) is 0 Å². The molecule has 1 saturated carbocycles. The number of hydrogen-bond donors (Lipinski definition) is 3. The number of carbonyl (C=O) groups excluding carboxylic acids is 1. The first-order chi connectivity index (χ1) is 8.79. The van der Waals surface area contributed by atoms with Gasteiger partial charge in [-0.25, -0.2) is 17.9 Å². The van der Waals surface area contributed by atoms with Gasteiger partial charge in [-0.1, -0.05) is 0 Å². The molecule has 0 saturated heterocycles. The molecular formula is C10H11Br2N3O3S. The van der Waals surface area contributed by atoms with Crippen molar-refractivity contribution in [1.82, 2.24) is 10.0 Å². The molecule has 0 unspecified atom stereocenters. The van der Waals surface area contributed by atoms with Crippen LogP contribution in [0.15, 0.2) is 26.0 Å². The maximum absolute atomic E-state index is 12.1. The van der Waals surface area contributed by atoms with Gasteiger partial charge in [0.25, 0.3) is 10.0 Å². The van der Waals surface area contributed by atoms with Crippen molar-refractivity contribution >= 4 is 53.6 Å². The van der Waals surface area contributed by atoms with E-state index in [1.165, 1.54) is 12.1 Å². The molecule has 1 aliphatic rings. The molecule has 1 aliphatic carbocycles. The maximum atomic E-state index is 12.1. The number of hydrogen-bond acceptors (Lipinski definition) is 4. The van der Waals surface area contributed by atoms with Gasteiger partial charge >= 0.3 is 6.03 Å². The highest BCUT2D eigenvalue weighted by Gasteiger charge is 2.28. The third kappa shape index (κ3) is 3.61. The Morgan fingerprint density at radius 3 is 2.26 bits per heavy atom. The summed E-state index contributed by atoms with van der Waals surface area (Å²) in [5.41, 5.74) is 6.00. The number of sulfonamides is 1. The number of urea groups is 1. The molecule has 1 aromatic rings. The molecule has 6 nitrogen and oxygen atoms in total. The molecule has 0 bridgehead atoms. The first-order valence-corrected chi connectivity index (χ1v) is 8.44. The molecule has 2 amide bonds. The van der Waals surface area contributed by atoms with Gasteiger partial charge in [0.1, 0.15) is 4.90 Å². The summed E-state index contributed by atoms with van der Waals surface area (Å²) in [6, 6.07) is 2.27. The van der Waals surface area contributed by atoms with E-state index >= 15 is 0 Å². The minimum Gasteiger partial charge on any atom is -0.399 e. The number of halogens is 2. The van der Waals surface area contributed by atoms with Crippen molar-refractivity contribution in [2.45, 2.75) is 23.8 Å². The predicted molar refractivity (Wildman–Crippen MR) is 78.1 cm³/mol. The van der Waals surface area contributed by atoms with Gasteiger partial charge < -0.3 is 11.1 Å². The minimum atomic E-state index is -3.97. The second-order valence-electron chi connectivity index (χ2n) is 4.17. The average Bonchev–Trinajstić information content (AvgIpc) is 2.97. The Hall–Kier alpha value is -0.800. The van der Waals surface area contributed by atoms with Crippen LogP contribution >= 0.6 is 31.9 Å². The summed E-state index contributed by atoms with van der Waals surface area (Å²) >= 11 is 6.25. The second kappa shape index (κ2) is 5.29. The lowest BCUT2D eigenvalue weighted by molar-refractivity contribution is 0.245. The fourth-order valence-electron chi connectivity index (χ4n) is 1.45. The van der Waals surface area contributed by atoms with Crippen molar-refractivity contribution in [1.29, 1.82) is 0 Å². The lowest BCUT2D eigenvalue weighted by atomic mass is 10.3. The summed E-state index contributed by atoms with van der Waals surface area (Å²) in [4.78, 5) is 11.5. The first-order valence-electron chi connectivity index (χ1n) is 5.37. The molecule has 4 N–H and O–H groups in total. The fraction of sp³-hybridized carbons (Fsp3) is 0.300. The zero-order valence-corrected chi connectivity index (χ0v) is 13.6. The standard InChI is InChI=1S/C10H11Br2N3O3S/c11-7-3-5(13)4-8(12)9(7)19(17,18)15-10(16)14-6-1-2-6/h3-4,6H,1-2,13H2,(H2,14,15,16). The van der Waals surface area contributed by atoms with Gasteiger partial charge in [0, 0.05) is 20.7 Å². The highest BCUT2D eigenvalue weighted by atomic mass is 79.9. The van der Waals surface area contributed by atoms with Gasteiger partial charge in [-0.2, -0.15) is 0 Å². The molecule has 0 aromatic heterocycles. The smallest absolute Gasteiger partial charge is 0.328 e. The van der Waals surface area contributed by atoms with E-state index in [1.54, 1.807) is 0 Å². The van der Waals surface area contributed by atoms with Crippen LogP contribution in [0, 0.1) is 0 Å². The van der Waals surface area contributed by atoms with Crippen LogP contribution in [0.1, 0.15) is 12.8 Å². The van der Waals surface area contributed by atoms with Crippen LogP contribution in [0.5, 0.6) is 0 Å². The van der Waals surface area contributed by atoms with Crippen molar-refractivity contribution < 1.29 is 13.2 Å². The minimum absolute atomic E-state index is 0.0624. The van der Waals surface area contributed by atoms with E-state index < -0.39 is 16.1 Å².